The summed E-state index contributed by atoms with van der Waals surface area (Å²) in [6.07, 6.45) is 11.0. The number of nitrogens with one attached hydrogen (secondary N) is 1. The average molecular weight is 254 g/mol. The van der Waals surface area contributed by atoms with Crippen LogP contribution in [0.1, 0.15) is 72.1 Å². The fourth-order valence-electron chi connectivity index (χ4n) is 3.02. The van der Waals surface area contributed by atoms with Gasteiger partial charge in [0, 0.05) is 18.6 Å². The summed E-state index contributed by atoms with van der Waals surface area (Å²) < 4.78 is 0. The number of hydrogen-bond acceptors (Lipinski definition) is 2. The van der Waals surface area contributed by atoms with E-state index in [0.29, 0.717) is 0 Å². The van der Waals surface area contributed by atoms with Gasteiger partial charge in [0.15, 0.2) is 0 Å². The second kappa shape index (κ2) is 9.80. The molecule has 1 aliphatic heterocycles. The first kappa shape index (κ1) is 16.0. The predicted octanol–water partition coefficient (Wildman–Crippen LogP) is 3.81. The van der Waals surface area contributed by atoms with E-state index in [4.69, 9.17) is 0 Å². The minimum Gasteiger partial charge on any atom is -0.313 e. The van der Waals surface area contributed by atoms with Crippen LogP contribution in [0, 0.1) is 0 Å². The fourth-order valence-corrected chi connectivity index (χ4v) is 3.02. The van der Waals surface area contributed by atoms with Crippen LogP contribution in [-0.2, 0) is 0 Å². The third-order valence-electron chi connectivity index (χ3n) is 4.23. The molecule has 18 heavy (non-hydrogen) atoms. The van der Waals surface area contributed by atoms with Crippen molar-refractivity contribution in [2.24, 2.45) is 0 Å². The Morgan fingerprint density at radius 3 is 2.61 bits per heavy atom. The molecule has 1 fully saturated rings. The number of hydrogen-bond donors (Lipinski definition) is 1. The van der Waals surface area contributed by atoms with E-state index in [-0.39, 0.29) is 0 Å². The summed E-state index contributed by atoms with van der Waals surface area (Å²) in [6, 6.07) is 1.53. The molecule has 1 saturated heterocycles. The van der Waals surface area contributed by atoms with Crippen LogP contribution in [0.25, 0.3) is 0 Å². The Morgan fingerprint density at radius 2 is 2.00 bits per heavy atom. The lowest BCUT2D eigenvalue weighted by atomic mass is 10.1. The highest BCUT2D eigenvalue weighted by Crippen LogP contribution is 2.14. The molecule has 0 saturated carbocycles. The number of unbranched alkanes of at least 4 members (excludes halogenated alkanes) is 3. The van der Waals surface area contributed by atoms with Crippen LogP contribution < -0.4 is 5.32 Å². The lowest BCUT2D eigenvalue weighted by Gasteiger charge is -2.31. The molecule has 0 aromatic rings. The van der Waals surface area contributed by atoms with Crippen molar-refractivity contribution >= 4 is 0 Å². The molecule has 0 bridgehead atoms. The van der Waals surface area contributed by atoms with Crippen molar-refractivity contribution < 1.29 is 0 Å². The minimum absolute atomic E-state index is 0.759. The van der Waals surface area contributed by atoms with Crippen LogP contribution >= 0.6 is 0 Å². The van der Waals surface area contributed by atoms with Gasteiger partial charge in [0.2, 0.25) is 0 Å². The van der Waals surface area contributed by atoms with Gasteiger partial charge in [-0.1, -0.05) is 39.5 Å². The Kier molecular flexibility index (Phi) is 8.70. The highest BCUT2D eigenvalue weighted by atomic mass is 15.2. The van der Waals surface area contributed by atoms with E-state index in [1.165, 1.54) is 71.0 Å². The molecule has 0 aromatic heterocycles. The highest BCUT2D eigenvalue weighted by Gasteiger charge is 2.20. The normalized spacial score (nSPS) is 21.7. The predicted molar refractivity (Wildman–Crippen MR) is 81.1 cm³/mol. The van der Waals surface area contributed by atoms with Crippen molar-refractivity contribution in [3.05, 3.63) is 0 Å². The van der Waals surface area contributed by atoms with Gasteiger partial charge in [-0.15, -0.1) is 0 Å². The molecule has 2 heteroatoms. The lowest BCUT2D eigenvalue weighted by molar-refractivity contribution is 0.180. The Labute approximate surface area is 115 Å². The van der Waals surface area contributed by atoms with E-state index in [9.17, 15) is 0 Å². The van der Waals surface area contributed by atoms with Crippen molar-refractivity contribution in [3.63, 3.8) is 0 Å². The Morgan fingerprint density at radius 1 is 1.17 bits per heavy atom. The summed E-state index contributed by atoms with van der Waals surface area (Å²) in [7, 11) is 0. The summed E-state index contributed by atoms with van der Waals surface area (Å²) in [4.78, 5) is 2.72. The van der Waals surface area contributed by atoms with Crippen LogP contribution in [0.4, 0.5) is 0 Å². The van der Waals surface area contributed by atoms with E-state index < -0.39 is 0 Å². The van der Waals surface area contributed by atoms with E-state index in [0.717, 1.165) is 12.1 Å². The third kappa shape index (κ3) is 6.19. The first-order valence-electron chi connectivity index (χ1n) is 8.25. The molecule has 2 unspecified atom stereocenters. The van der Waals surface area contributed by atoms with Gasteiger partial charge in [0.05, 0.1) is 0 Å². The molecule has 108 valence electrons. The van der Waals surface area contributed by atoms with Crippen LogP contribution in [0.3, 0.4) is 0 Å². The SMILES string of the molecule is CCCCCCC(C)N(CCC)CC1CCCN1. The smallest absolute Gasteiger partial charge is 0.0195 e. The van der Waals surface area contributed by atoms with Crippen molar-refractivity contribution in [2.75, 3.05) is 19.6 Å². The second-order valence-electron chi connectivity index (χ2n) is 5.99. The monoisotopic (exact) mass is 254 g/mol. The maximum atomic E-state index is 3.64. The summed E-state index contributed by atoms with van der Waals surface area (Å²) in [5.41, 5.74) is 0. The standard InChI is InChI=1S/C16H34N2/c1-4-6-7-8-10-15(3)18(13-5-2)14-16-11-9-12-17-16/h15-17H,4-14H2,1-3H3. The lowest BCUT2D eigenvalue weighted by Crippen LogP contribution is -2.42. The zero-order chi connectivity index (χ0) is 13.2. The first-order chi connectivity index (χ1) is 8.77. The maximum Gasteiger partial charge on any atom is 0.0195 e. The average Bonchev–Trinajstić information content (AvgIpc) is 2.87. The number of nitrogens with zero attached hydrogens (tertiary/aromatic N) is 1. The minimum atomic E-state index is 0.759. The van der Waals surface area contributed by atoms with Crippen molar-refractivity contribution in [1.82, 2.24) is 10.2 Å². The molecule has 1 rings (SSSR count). The molecule has 0 aromatic carbocycles. The van der Waals surface area contributed by atoms with Gasteiger partial charge in [-0.3, -0.25) is 4.90 Å². The quantitative estimate of drug-likeness (QED) is 0.596. The van der Waals surface area contributed by atoms with Crippen LogP contribution in [0.2, 0.25) is 0 Å². The molecule has 1 heterocycles. The summed E-state index contributed by atoms with van der Waals surface area (Å²) in [6.45, 7) is 10.8. The molecule has 1 N–H and O–H groups in total. The van der Waals surface area contributed by atoms with Gasteiger partial charge in [0.1, 0.15) is 0 Å². The number of rotatable bonds is 10. The molecule has 0 amide bonds. The summed E-state index contributed by atoms with van der Waals surface area (Å²) in [5, 5.41) is 3.64. The highest BCUT2D eigenvalue weighted by molar-refractivity contribution is 4.80. The van der Waals surface area contributed by atoms with Gasteiger partial charge < -0.3 is 5.32 Å². The molecule has 2 nitrogen and oxygen atoms in total. The Hall–Kier alpha value is -0.0800. The zero-order valence-electron chi connectivity index (χ0n) is 12.9. The molecular weight excluding hydrogens is 220 g/mol. The van der Waals surface area contributed by atoms with Crippen molar-refractivity contribution in [1.29, 1.82) is 0 Å². The zero-order valence-corrected chi connectivity index (χ0v) is 12.9. The van der Waals surface area contributed by atoms with Gasteiger partial charge in [0.25, 0.3) is 0 Å². The third-order valence-corrected chi connectivity index (χ3v) is 4.23. The first-order valence-corrected chi connectivity index (χ1v) is 8.25. The van der Waals surface area contributed by atoms with Crippen molar-refractivity contribution in [2.45, 2.75) is 84.2 Å². The largest absolute Gasteiger partial charge is 0.313 e. The van der Waals surface area contributed by atoms with Crippen molar-refractivity contribution in [3.8, 4) is 0 Å². The Bertz CT molecular complexity index is 188. The topological polar surface area (TPSA) is 15.3 Å². The molecule has 2 atom stereocenters. The van der Waals surface area contributed by atoms with Crippen LogP contribution in [0.5, 0.6) is 0 Å². The van der Waals surface area contributed by atoms with E-state index in [2.05, 4.69) is 31.0 Å². The fraction of sp³-hybridized carbons (Fsp3) is 1.00. The van der Waals surface area contributed by atoms with E-state index >= 15 is 0 Å². The maximum absolute atomic E-state index is 3.64. The van der Waals surface area contributed by atoms with E-state index in [1.807, 2.05) is 0 Å². The van der Waals surface area contributed by atoms with Gasteiger partial charge >= 0.3 is 0 Å². The van der Waals surface area contributed by atoms with Gasteiger partial charge in [-0.05, 0) is 45.7 Å². The second-order valence-corrected chi connectivity index (χ2v) is 5.99. The molecule has 0 radical (unpaired) electrons. The summed E-state index contributed by atoms with van der Waals surface area (Å²) >= 11 is 0. The van der Waals surface area contributed by atoms with Crippen LogP contribution in [-0.4, -0.2) is 36.6 Å². The molecule has 0 aliphatic carbocycles. The molecular formula is C16H34N2. The van der Waals surface area contributed by atoms with Crippen LogP contribution in [0.15, 0.2) is 0 Å². The summed E-state index contributed by atoms with van der Waals surface area (Å²) in [5.74, 6) is 0. The van der Waals surface area contributed by atoms with Gasteiger partial charge in [-0.25, -0.2) is 0 Å². The molecule has 1 aliphatic rings. The van der Waals surface area contributed by atoms with Gasteiger partial charge in [-0.2, -0.15) is 0 Å². The van der Waals surface area contributed by atoms with E-state index in [1.54, 1.807) is 0 Å². The Balaban J connectivity index is 2.24. The molecule has 0 spiro atoms.